The predicted molar refractivity (Wildman–Crippen MR) is 94.4 cm³/mol. The van der Waals surface area contributed by atoms with Gasteiger partial charge >= 0.3 is 0 Å². The minimum absolute atomic E-state index is 0.0111. The van der Waals surface area contributed by atoms with Gasteiger partial charge in [-0.3, -0.25) is 14.5 Å². The normalized spacial score (nSPS) is 25.4. The third-order valence-electron chi connectivity index (χ3n) is 5.29. The topological polar surface area (TPSA) is 90.6 Å². The lowest BCUT2D eigenvalue weighted by Crippen LogP contribution is -2.59. The number of H-pyrrole nitrogens is 1. The van der Waals surface area contributed by atoms with E-state index in [2.05, 4.69) is 4.98 Å². The van der Waals surface area contributed by atoms with Crippen LogP contribution in [-0.4, -0.2) is 72.8 Å². The number of carbonyl (C=O) groups is 1. The molecule has 2 aliphatic heterocycles. The second-order valence-corrected chi connectivity index (χ2v) is 9.07. The van der Waals surface area contributed by atoms with Crippen LogP contribution in [0.1, 0.15) is 10.4 Å². The Bertz CT molecular complexity index is 1070. The van der Waals surface area contributed by atoms with E-state index >= 15 is 0 Å². The fourth-order valence-electron chi connectivity index (χ4n) is 3.88. The molecule has 9 heteroatoms. The highest BCUT2D eigenvalue weighted by atomic mass is 32.2. The molecule has 2 aromatic rings. The summed E-state index contributed by atoms with van der Waals surface area (Å²) in [5, 5.41) is 0.0978. The number of hydrogen-bond donors (Lipinski definition) is 1. The first kappa shape index (κ1) is 17.2. The number of pyridine rings is 1. The van der Waals surface area contributed by atoms with Crippen LogP contribution in [0.5, 0.6) is 0 Å². The first-order valence-electron chi connectivity index (χ1n) is 8.29. The minimum Gasteiger partial charge on any atom is -0.360 e. The van der Waals surface area contributed by atoms with Crippen molar-refractivity contribution in [3.05, 3.63) is 46.0 Å². The van der Waals surface area contributed by atoms with Gasteiger partial charge in [0.05, 0.1) is 17.5 Å². The number of benzene rings is 1. The maximum Gasteiger partial charge on any atom is 0.259 e. The first-order valence-corrected chi connectivity index (χ1v) is 10.1. The maximum atomic E-state index is 13.5. The zero-order chi connectivity index (χ0) is 18.6. The van der Waals surface area contributed by atoms with Crippen molar-refractivity contribution in [2.24, 2.45) is 0 Å². The molecule has 26 heavy (non-hydrogen) atoms. The van der Waals surface area contributed by atoms with Crippen LogP contribution in [0, 0.1) is 5.82 Å². The molecular weight excluding hydrogens is 361 g/mol. The van der Waals surface area contributed by atoms with Crippen LogP contribution in [0.4, 0.5) is 4.39 Å². The van der Waals surface area contributed by atoms with E-state index < -0.39 is 33.0 Å². The molecular formula is C17H18FN3O4S. The van der Waals surface area contributed by atoms with Gasteiger partial charge in [0.15, 0.2) is 9.84 Å². The molecule has 7 nitrogen and oxygen atoms in total. The van der Waals surface area contributed by atoms with E-state index in [0.29, 0.717) is 18.6 Å². The average molecular weight is 379 g/mol. The molecule has 3 heterocycles. The summed E-state index contributed by atoms with van der Waals surface area (Å²) in [6.45, 7) is 0.870. The minimum atomic E-state index is -3.23. The maximum absolute atomic E-state index is 13.5. The summed E-state index contributed by atoms with van der Waals surface area (Å²) in [5.41, 5.74) is -0.220. The summed E-state index contributed by atoms with van der Waals surface area (Å²) >= 11 is 0. The quantitative estimate of drug-likeness (QED) is 0.766. The van der Waals surface area contributed by atoms with Crippen molar-refractivity contribution in [3.8, 4) is 0 Å². The van der Waals surface area contributed by atoms with Crippen LogP contribution in [0.2, 0.25) is 0 Å². The molecule has 1 aromatic carbocycles. The van der Waals surface area contributed by atoms with E-state index in [9.17, 15) is 22.4 Å². The van der Waals surface area contributed by atoms with Crippen molar-refractivity contribution in [1.82, 2.24) is 14.8 Å². The molecule has 0 bridgehead atoms. The summed E-state index contributed by atoms with van der Waals surface area (Å²) in [7, 11) is -1.39. The Hall–Kier alpha value is -2.26. The fraction of sp³-hybridized carbons (Fsp3) is 0.412. The van der Waals surface area contributed by atoms with Crippen molar-refractivity contribution in [2.45, 2.75) is 12.1 Å². The van der Waals surface area contributed by atoms with Gasteiger partial charge in [-0.15, -0.1) is 0 Å². The summed E-state index contributed by atoms with van der Waals surface area (Å²) in [6, 6.07) is 3.02. The number of nitrogens with zero attached hydrogens (tertiary/aromatic N) is 2. The molecule has 0 aliphatic carbocycles. The van der Waals surface area contributed by atoms with Crippen LogP contribution in [0.25, 0.3) is 10.9 Å². The Labute approximate surface area is 149 Å². The SMILES string of the molecule is CN1CCN(C(=O)c2c[nH]c3ccc(F)cc3c2=O)[C@H]2CS(=O)(=O)C[C@H]21. The monoisotopic (exact) mass is 379 g/mol. The molecule has 0 spiro atoms. The van der Waals surface area contributed by atoms with E-state index in [1.54, 1.807) is 0 Å². The highest BCUT2D eigenvalue weighted by Crippen LogP contribution is 2.27. The molecule has 0 unspecified atom stereocenters. The van der Waals surface area contributed by atoms with Crippen LogP contribution >= 0.6 is 0 Å². The molecule has 2 saturated heterocycles. The molecule has 0 radical (unpaired) electrons. The van der Waals surface area contributed by atoms with Crippen molar-refractivity contribution >= 4 is 26.6 Å². The van der Waals surface area contributed by atoms with Gasteiger partial charge in [-0.1, -0.05) is 0 Å². The van der Waals surface area contributed by atoms with E-state index in [4.69, 9.17) is 0 Å². The van der Waals surface area contributed by atoms with E-state index in [1.807, 2.05) is 11.9 Å². The second kappa shape index (κ2) is 5.88. The molecule has 1 aromatic heterocycles. The fourth-order valence-corrected chi connectivity index (χ4v) is 5.94. The van der Waals surface area contributed by atoms with Gasteiger partial charge in [0.2, 0.25) is 5.43 Å². The Balaban J connectivity index is 1.75. The summed E-state index contributed by atoms with van der Waals surface area (Å²) < 4.78 is 37.6. The number of nitrogens with one attached hydrogen (secondary N) is 1. The molecule has 1 amide bonds. The van der Waals surface area contributed by atoms with Crippen LogP contribution in [0.3, 0.4) is 0 Å². The van der Waals surface area contributed by atoms with E-state index in [1.165, 1.54) is 23.2 Å². The van der Waals surface area contributed by atoms with Crippen molar-refractivity contribution in [1.29, 1.82) is 0 Å². The largest absolute Gasteiger partial charge is 0.360 e. The zero-order valence-electron chi connectivity index (χ0n) is 14.1. The average Bonchev–Trinajstić information content (AvgIpc) is 2.91. The molecule has 4 rings (SSSR count). The highest BCUT2D eigenvalue weighted by molar-refractivity contribution is 7.91. The molecule has 2 atom stereocenters. The summed E-state index contributed by atoms with van der Waals surface area (Å²) in [5.74, 6) is -1.17. The van der Waals surface area contributed by atoms with Crippen LogP contribution < -0.4 is 5.43 Å². The van der Waals surface area contributed by atoms with Gasteiger partial charge in [0.1, 0.15) is 11.4 Å². The van der Waals surface area contributed by atoms with Gasteiger partial charge in [-0.2, -0.15) is 0 Å². The molecule has 0 saturated carbocycles. The summed E-state index contributed by atoms with van der Waals surface area (Å²) in [4.78, 5) is 32.0. The van der Waals surface area contributed by atoms with E-state index in [0.717, 1.165) is 6.07 Å². The lowest BCUT2D eigenvalue weighted by molar-refractivity contribution is 0.0408. The number of aromatic amines is 1. The van der Waals surface area contributed by atoms with Gasteiger partial charge < -0.3 is 9.88 Å². The van der Waals surface area contributed by atoms with Crippen molar-refractivity contribution < 1.29 is 17.6 Å². The Kier molecular flexibility index (Phi) is 3.89. The molecule has 2 aliphatic rings. The van der Waals surface area contributed by atoms with Gasteiger partial charge in [-0.05, 0) is 25.2 Å². The van der Waals surface area contributed by atoms with Crippen molar-refractivity contribution in [3.63, 3.8) is 0 Å². The predicted octanol–water partition coefficient (Wildman–Crippen LogP) is 0.220. The number of fused-ring (bicyclic) bond motifs is 2. The van der Waals surface area contributed by atoms with Gasteiger partial charge in [0, 0.05) is 36.2 Å². The summed E-state index contributed by atoms with van der Waals surface area (Å²) in [6.07, 6.45) is 1.32. The number of hydrogen-bond acceptors (Lipinski definition) is 5. The number of sulfone groups is 1. The molecule has 2 fully saturated rings. The number of rotatable bonds is 1. The first-order chi connectivity index (χ1) is 12.3. The lowest BCUT2D eigenvalue weighted by atomic mass is 10.0. The van der Waals surface area contributed by atoms with Gasteiger partial charge in [0.25, 0.3) is 5.91 Å². The number of amides is 1. The molecule has 1 N–H and O–H groups in total. The van der Waals surface area contributed by atoms with E-state index in [-0.39, 0.29) is 28.5 Å². The third-order valence-corrected chi connectivity index (χ3v) is 6.99. The highest BCUT2D eigenvalue weighted by Gasteiger charge is 2.47. The Morgan fingerprint density at radius 2 is 1.96 bits per heavy atom. The Morgan fingerprint density at radius 1 is 1.23 bits per heavy atom. The second-order valence-electron chi connectivity index (χ2n) is 6.91. The lowest BCUT2D eigenvalue weighted by Gasteiger charge is -2.42. The Morgan fingerprint density at radius 3 is 2.73 bits per heavy atom. The van der Waals surface area contributed by atoms with Crippen LogP contribution in [-0.2, 0) is 9.84 Å². The number of aromatic nitrogens is 1. The van der Waals surface area contributed by atoms with Crippen LogP contribution in [0.15, 0.2) is 29.2 Å². The number of halogens is 1. The standard InChI is InChI=1S/C17H18FN3O4S/c1-20-4-5-21(15-9-26(24,25)8-14(15)20)17(23)12-7-19-13-3-2-10(18)6-11(13)16(12)22/h2-3,6-7,14-15H,4-5,8-9H2,1H3,(H,19,22)/t14-,15+/m1/s1. The third kappa shape index (κ3) is 2.71. The number of likely N-dealkylation sites (N-methyl/N-ethyl adjacent to an activating group) is 1. The zero-order valence-corrected chi connectivity index (χ0v) is 14.9. The van der Waals surface area contributed by atoms with Gasteiger partial charge in [-0.25, -0.2) is 12.8 Å². The number of carbonyl (C=O) groups excluding carboxylic acids is 1. The smallest absolute Gasteiger partial charge is 0.259 e. The van der Waals surface area contributed by atoms with Crippen molar-refractivity contribution in [2.75, 3.05) is 31.6 Å². The number of piperazine rings is 1. The molecule has 138 valence electrons.